The van der Waals surface area contributed by atoms with E-state index in [2.05, 4.69) is 5.32 Å². The molecule has 0 aliphatic carbocycles. The first kappa shape index (κ1) is 24.5. The molecule has 168 valence electrons. The van der Waals surface area contributed by atoms with E-state index in [-0.39, 0.29) is 17.7 Å². The summed E-state index contributed by atoms with van der Waals surface area (Å²) in [4.78, 5) is 26.0. The molecule has 8 nitrogen and oxygen atoms in total. The number of nitrogens with zero attached hydrogens (tertiary/aromatic N) is 1. The lowest BCUT2D eigenvalue weighted by molar-refractivity contribution is -0.123. The summed E-state index contributed by atoms with van der Waals surface area (Å²) in [5, 5.41) is 12.2. The molecule has 1 aliphatic rings. The first-order valence-electron chi connectivity index (χ1n) is 9.54. The molecular weight excluding hydrogens is 435 g/mol. The van der Waals surface area contributed by atoms with Crippen molar-refractivity contribution < 1.29 is 28.9 Å². The van der Waals surface area contributed by atoms with Crippen LogP contribution in [0.15, 0.2) is 12.1 Å². The standard InChI is InChI=1S/C20H28Cl2N2O6/c1-20(2,3)30-19(27)24-9-12(8-23-16(26)10-25)7-14(24)17-15(29-11-28-4)6-5-13(21)18(17)22/h5-6,12,14,25H,7-11H2,1-4H3,(H,23,26)/t12-,14-/m1/s1. The summed E-state index contributed by atoms with van der Waals surface area (Å²) in [7, 11) is 1.50. The van der Waals surface area contributed by atoms with Crippen molar-refractivity contribution >= 4 is 35.2 Å². The van der Waals surface area contributed by atoms with E-state index in [1.54, 1.807) is 37.8 Å². The van der Waals surface area contributed by atoms with Crippen LogP contribution in [0.1, 0.15) is 38.8 Å². The Kier molecular flexibility index (Phi) is 8.61. The van der Waals surface area contributed by atoms with Crippen LogP contribution in [0.25, 0.3) is 0 Å². The van der Waals surface area contributed by atoms with Gasteiger partial charge in [-0.1, -0.05) is 23.2 Å². The van der Waals surface area contributed by atoms with Gasteiger partial charge < -0.3 is 29.5 Å². The first-order chi connectivity index (χ1) is 14.1. The number of benzene rings is 1. The van der Waals surface area contributed by atoms with E-state index in [1.165, 1.54) is 7.11 Å². The predicted molar refractivity (Wildman–Crippen MR) is 113 cm³/mol. The molecule has 1 saturated heterocycles. The van der Waals surface area contributed by atoms with E-state index in [1.807, 2.05) is 0 Å². The average Bonchev–Trinajstić information content (AvgIpc) is 3.09. The number of aliphatic hydroxyl groups is 1. The van der Waals surface area contributed by atoms with Gasteiger partial charge in [-0.25, -0.2) is 4.79 Å². The van der Waals surface area contributed by atoms with Crippen molar-refractivity contribution in [2.24, 2.45) is 5.92 Å². The number of hydrogen-bond acceptors (Lipinski definition) is 6. The third-order valence-corrected chi connectivity index (χ3v) is 5.32. The maximum Gasteiger partial charge on any atom is 0.410 e. The Balaban J connectivity index is 2.38. The van der Waals surface area contributed by atoms with Crippen molar-refractivity contribution in [1.82, 2.24) is 10.2 Å². The van der Waals surface area contributed by atoms with E-state index in [9.17, 15) is 9.59 Å². The van der Waals surface area contributed by atoms with Gasteiger partial charge in [0, 0.05) is 25.8 Å². The minimum Gasteiger partial charge on any atom is -0.467 e. The molecule has 1 aromatic carbocycles. The normalized spacial score (nSPS) is 19.0. The molecular formula is C20H28Cl2N2O6. The van der Waals surface area contributed by atoms with Crippen LogP contribution in [0.3, 0.4) is 0 Å². The zero-order valence-corrected chi connectivity index (χ0v) is 19.0. The van der Waals surface area contributed by atoms with Crippen LogP contribution in [0.4, 0.5) is 4.79 Å². The number of nitrogens with one attached hydrogen (secondary N) is 1. The van der Waals surface area contributed by atoms with E-state index >= 15 is 0 Å². The lowest BCUT2D eigenvalue weighted by atomic mass is 9.98. The molecule has 0 saturated carbocycles. The van der Waals surface area contributed by atoms with Gasteiger partial charge in [-0.3, -0.25) is 4.79 Å². The fourth-order valence-corrected chi connectivity index (χ4v) is 3.74. The number of hydrogen-bond donors (Lipinski definition) is 2. The van der Waals surface area contributed by atoms with Crippen LogP contribution in [0.2, 0.25) is 10.0 Å². The van der Waals surface area contributed by atoms with Crippen LogP contribution in [-0.2, 0) is 14.3 Å². The summed E-state index contributed by atoms with van der Waals surface area (Å²) in [5.74, 6) is -0.111. The minimum atomic E-state index is -0.682. The highest BCUT2D eigenvalue weighted by Crippen LogP contribution is 2.45. The molecule has 0 unspecified atom stereocenters. The van der Waals surface area contributed by atoms with Gasteiger partial charge in [-0.15, -0.1) is 0 Å². The van der Waals surface area contributed by atoms with E-state index in [0.717, 1.165) is 0 Å². The van der Waals surface area contributed by atoms with E-state index in [0.29, 0.717) is 35.8 Å². The number of methoxy groups -OCH3 is 1. The van der Waals surface area contributed by atoms with Crippen molar-refractivity contribution in [3.63, 3.8) is 0 Å². The Labute approximate surface area is 186 Å². The Hall–Kier alpha value is -1.74. The molecule has 1 aliphatic heterocycles. The maximum atomic E-state index is 12.9. The maximum absolute atomic E-state index is 12.9. The molecule has 2 N–H and O–H groups in total. The monoisotopic (exact) mass is 462 g/mol. The zero-order chi connectivity index (χ0) is 22.5. The number of rotatable bonds is 7. The average molecular weight is 463 g/mol. The lowest BCUT2D eigenvalue weighted by Crippen LogP contribution is -2.38. The third-order valence-electron chi connectivity index (χ3n) is 4.51. The second-order valence-corrected chi connectivity index (χ2v) is 8.82. The Morgan fingerprint density at radius 1 is 1.30 bits per heavy atom. The molecule has 1 heterocycles. The summed E-state index contributed by atoms with van der Waals surface area (Å²) in [5.41, 5.74) is -0.124. The fourth-order valence-electron chi connectivity index (χ4n) is 3.29. The van der Waals surface area contributed by atoms with Gasteiger partial charge in [0.2, 0.25) is 5.91 Å². The first-order valence-corrected chi connectivity index (χ1v) is 10.3. The number of likely N-dealkylation sites (tertiary alicyclic amines) is 1. The van der Waals surface area contributed by atoms with Crippen molar-refractivity contribution in [2.45, 2.75) is 38.8 Å². The topological polar surface area (TPSA) is 97.3 Å². The van der Waals surface area contributed by atoms with Gasteiger partial charge in [0.25, 0.3) is 0 Å². The number of amides is 2. The second kappa shape index (κ2) is 10.5. The third kappa shape index (κ3) is 6.38. The SMILES string of the molecule is COCOc1ccc(Cl)c(Cl)c1[C@H]1C[C@H](CNC(=O)CO)CN1C(=O)OC(C)(C)C. The quantitative estimate of drug-likeness (QED) is 0.602. The molecule has 2 rings (SSSR count). The molecule has 1 aromatic rings. The van der Waals surface area contributed by atoms with Crippen LogP contribution >= 0.6 is 23.2 Å². The van der Waals surface area contributed by atoms with Crippen LogP contribution in [-0.4, -0.2) is 61.2 Å². The van der Waals surface area contributed by atoms with Gasteiger partial charge in [0.05, 0.1) is 16.1 Å². The van der Waals surface area contributed by atoms with Crippen molar-refractivity contribution in [3.05, 3.63) is 27.7 Å². The van der Waals surface area contributed by atoms with Crippen molar-refractivity contribution in [1.29, 1.82) is 0 Å². The summed E-state index contributed by atoms with van der Waals surface area (Å²) in [6.45, 7) is 5.39. The Morgan fingerprint density at radius 3 is 2.60 bits per heavy atom. The molecule has 2 amide bonds. The molecule has 1 fully saturated rings. The summed E-state index contributed by atoms with van der Waals surface area (Å²) >= 11 is 12.8. The lowest BCUT2D eigenvalue weighted by Gasteiger charge is -2.30. The minimum absolute atomic E-state index is 0.000104. The van der Waals surface area contributed by atoms with Gasteiger partial charge in [0.1, 0.15) is 18.0 Å². The predicted octanol–water partition coefficient (Wildman–Crippen LogP) is 3.38. The largest absolute Gasteiger partial charge is 0.467 e. The smallest absolute Gasteiger partial charge is 0.410 e. The Morgan fingerprint density at radius 2 is 2.00 bits per heavy atom. The zero-order valence-electron chi connectivity index (χ0n) is 17.5. The van der Waals surface area contributed by atoms with Crippen molar-refractivity contribution in [3.8, 4) is 5.75 Å². The number of carbonyl (C=O) groups is 2. The van der Waals surface area contributed by atoms with Gasteiger partial charge >= 0.3 is 6.09 Å². The van der Waals surface area contributed by atoms with Crippen molar-refractivity contribution in [2.75, 3.05) is 33.6 Å². The Bertz CT molecular complexity index is 768. The highest BCUT2D eigenvalue weighted by Gasteiger charge is 2.41. The van der Waals surface area contributed by atoms with Gasteiger partial charge in [-0.2, -0.15) is 0 Å². The highest BCUT2D eigenvalue weighted by molar-refractivity contribution is 6.42. The summed E-state index contributed by atoms with van der Waals surface area (Å²) in [6, 6.07) is 2.81. The molecule has 0 bridgehead atoms. The van der Waals surface area contributed by atoms with Crippen LogP contribution < -0.4 is 10.1 Å². The molecule has 0 spiro atoms. The highest BCUT2D eigenvalue weighted by atomic mass is 35.5. The molecule has 30 heavy (non-hydrogen) atoms. The van der Waals surface area contributed by atoms with Gasteiger partial charge in [0.15, 0.2) is 6.79 Å². The van der Waals surface area contributed by atoms with E-state index in [4.69, 9.17) is 42.5 Å². The number of ether oxygens (including phenoxy) is 3. The van der Waals surface area contributed by atoms with Gasteiger partial charge in [-0.05, 0) is 45.2 Å². The molecule has 2 atom stereocenters. The molecule has 10 heteroatoms. The second-order valence-electron chi connectivity index (χ2n) is 8.04. The molecule has 0 aromatic heterocycles. The van der Waals surface area contributed by atoms with Crippen LogP contribution in [0, 0.1) is 5.92 Å². The number of carbonyl (C=O) groups excluding carboxylic acids is 2. The fraction of sp³-hybridized carbons (Fsp3) is 0.600. The summed E-state index contributed by atoms with van der Waals surface area (Å²) in [6.07, 6.45) is -0.00817. The number of aliphatic hydroxyl groups excluding tert-OH is 1. The molecule has 0 radical (unpaired) electrons. The summed E-state index contributed by atoms with van der Waals surface area (Å²) < 4.78 is 16.2. The number of halogens is 2. The van der Waals surface area contributed by atoms with E-state index < -0.39 is 30.3 Å². The van der Waals surface area contributed by atoms with Crippen LogP contribution in [0.5, 0.6) is 5.75 Å².